The topological polar surface area (TPSA) is 96.8 Å². The number of fused-ring (bicyclic) bond motifs is 1. The first kappa shape index (κ1) is 24.5. The number of hydrogen-bond acceptors (Lipinski definition) is 5. The number of amides is 2. The number of nitrogens with zero attached hydrogens (tertiary/aromatic N) is 4. The Bertz CT molecular complexity index is 1150. The Morgan fingerprint density at radius 1 is 1.11 bits per heavy atom. The Balaban J connectivity index is 1.16. The van der Waals surface area contributed by atoms with Gasteiger partial charge in [0.1, 0.15) is 0 Å². The Kier molecular flexibility index (Phi) is 7.05. The van der Waals surface area contributed by atoms with Crippen LogP contribution in [0.4, 0.5) is 4.79 Å². The van der Waals surface area contributed by atoms with E-state index in [9.17, 15) is 13.2 Å². The number of rotatable bonds is 6. The van der Waals surface area contributed by atoms with Gasteiger partial charge in [-0.05, 0) is 62.1 Å². The molecule has 1 aromatic carbocycles. The van der Waals surface area contributed by atoms with E-state index < -0.39 is 10.0 Å². The molecule has 2 aromatic rings. The highest BCUT2D eigenvalue weighted by Gasteiger charge is 2.36. The lowest BCUT2D eigenvalue weighted by Gasteiger charge is -2.43. The summed E-state index contributed by atoms with van der Waals surface area (Å²) < 4.78 is 34.9. The largest absolute Gasteiger partial charge is 0.378 e. The van der Waals surface area contributed by atoms with Crippen LogP contribution in [-0.4, -0.2) is 85.2 Å². The zero-order chi connectivity index (χ0) is 24.6. The summed E-state index contributed by atoms with van der Waals surface area (Å²) in [7, 11) is -1.36. The second-order valence-electron chi connectivity index (χ2n) is 10.5. The fraction of sp³-hybridized carbons (Fsp3) is 0.680. The van der Waals surface area contributed by atoms with Crippen molar-refractivity contribution < 1.29 is 17.9 Å². The van der Waals surface area contributed by atoms with Crippen LogP contribution in [0.3, 0.4) is 0 Å². The van der Waals surface area contributed by atoms with Crippen molar-refractivity contribution in [3.63, 3.8) is 0 Å². The van der Waals surface area contributed by atoms with Gasteiger partial charge < -0.3 is 14.5 Å². The van der Waals surface area contributed by atoms with Crippen LogP contribution < -0.4 is 4.72 Å². The van der Waals surface area contributed by atoms with Gasteiger partial charge in [-0.25, -0.2) is 17.9 Å². The third-order valence-electron chi connectivity index (χ3n) is 7.96. The van der Waals surface area contributed by atoms with Crippen molar-refractivity contribution in [2.45, 2.75) is 56.6 Å². The molecular weight excluding hydrogens is 466 g/mol. The molecule has 1 aliphatic carbocycles. The van der Waals surface area contributed by atoms with E-state index in [-0.39, 0.29) is 24.1 Å². The van der Waals surface area contributed by atoms with E-state index in [4.69, 9.17) is 4.74 Å². The van der Waals surface area contributed by atoms with Crippen molar-refractivity contribution >= 4 is 27.0 Å². The third-order valence-corrected chi connectivity index (χ3v) is 8.69. The molecule has 3 fully saturated rings. The molecular formula is C25H37N5O4S. The smallest absolute Gasteiger partial charge is 0.320 e. The average Bonchev–Trinajstić information content (AvgIpc) is 3.16. The summed E-state index contributed by atoms with van der Waals surface area (Å²) in [5, 5.41) is 5.53. The molecule has 2 saturated heterocycles. The van der Waals surface area contributed by atoms with Crippen LogP contribution in [0.2, 0.25) is 0 Å². The lowest BCUT2D eigenvalue weighted by molar-refractivity contribution is -0.0149. The van der Waals surface area contributed by atoms with Crippen LogP contribution in [0.5, 0.6) is 0 Å². The number of likely N-dealkylation sites (tertiary alicyclic amines) is 2. The lowest BCUT2D eigenvalue weighted by atomic mass is 9.82. The minimum Gasteiger partial charge on any atom is -0.378 e. The zero-order valence-electron chi connectivity index (χ0n) is 20.7. The summed E-state index contributed by atoms with van der Waals surface area (Å²) in [6.07, 6.45) is 9.10. The molecule has 10 heteroatoms. The predicted molar refractivity (Wildman–Crippen MR) is 135 cm³/mol. The van der Waals surface area contributed by atoms with Gasteiger partial charge in [-0.3, -0.25) is 4.68 Å². The average molecular weight is 504 g/mol. The molecule has 1 N–H and O–H groups in total. The molecule has 0 bridgehead atoms. The number of nitrogens with one attached hydrogen (secondary N) is 1. The van der Waals surface area contributed by atoms with Gasteiger partial charge in [-0.2, -0.15) is 5.10 Å². The number of piperidine rings is 1. The molecule has 2 amide bonds. The van der Waals surface area contributed by atoms with Gasteiger partial charge in [-0.15, -0.1) is 0 Å². The number of benzene rings is 1. The van der Waals surface area contributed by atoms with Crippen LogP contribution in [0.1, 0.15) is 50.0 Å². The maximum atomic E-state index is 12.7. The summed E-state index contributed by atoms with van der Waals surface area (Å²) >= 11 is 0. The first-order valence-electron chi connectivity index (χ1n) is 12.8. The molecule has 2 aliphatic heterocycles. The van der Waals surface area contributed by atoms with Crippen molar-refractivity contribution in [1.82, 2.24) is 24.3 Å². The fourth-order valence-electron chi connectivity index (χ4n) is 5.77. The van der Waals surface area contributed by atoms with E-state index in [1.165, 1.54) is 17.2 Å². The quantitative estimate of drug-likeness (QED) is 0.654. The van der Waals surface area contributed by atoms with Gasteiger partial charge in [-0.1, -0.05) is 6.07 Å². The molecule has 0 radical (unpaired) electrons. The van der Waals surface area contributed by atoms with Crippen molar-refractivity contribution in [1.29, 1.82) is 0 Å². The van der Waals surface area contributed by atoms with Gasteiger partial charge in [0.15, 0.2) is 0 Å². The second-order valence-corrected chi connectivity index (χ2v) is 12.3. The van der Waals surface area contributed by atoms with Crippen molar-refractivity contribution in [2.75, 3.05) is 39.0 Å². The molecule has 9 nitrogen and oxygen atoms in total. The Morgan fingerprint density at radius 3 is 2.57 bits per heavy atom. The first-order chi connectivity index (χ1) is 16.8. The summed E-state index contributed by atoms with van der Waals surface area (Å²) in [6.45, 7) is 3.21. The van der Waals surface area contributed by atoms with E-state index in [2.05, 4.69) is 28.0 Å². The Labute approximate surface area is 207 Å². The Hall–Kier alpha value is -2.17. The highest BCUT2D eigenvalue weighted by atomic mass is 32.2. The third kappa shape index (κ3) is 5.65. The van der Waals surface area contributed by atoms with Crippen LogP contribution in [0.15, 0.2) is 24.4 Å². The Morgan fingerprint density at radius 2 is 1.89 bits per heavy atom. The molecule has 1 aromatic heterocycles. The SMILES string of the molecule is Cn1ncc2cc(C3CCC(OC[C@@H]4CN(C(=O)N5CCC5)CC[C@@H]4NS(C)(=O)=O)CC3)ccc21. The number of urea groups is 1. The van der Waals surface area contributed by atoms with E-state index in [0.29, 0.717) is 32.0 Å². The van der Waals surface area contributed by atoms with Gasteiger partial charge in [0, 0.05) is 50.6 Å². The first-order valence-corrected chi connectivity index (χ1v) is 14.7. The highest BCUT2D eigenvalue weighted by molar-refractivity contribution is 7.88. The second kappa shape index (κ2) is 10.1. The molecule has 0 unspecified atom stereocenters. The van der Waals surface area contributed by atoms with Crippen LogP contribution >= 0.6 is 0 Å². The fourth-order valence-corrected chi connectivity index (χ4v) is 6.63. The molecule has 0 spiro atoms. The van der Waals surface area contributed by atoms with Gasteiger partial charge in [0.2, 0.25) is 10.0 Å². The number of hydrogen-bond donors (Lipinski definition) is 1. The number of carbonyl (C=O) groups excluding carboxylic acids is 1. The molecule has 192 valence electrons. The summed E-state index contributed by atoms with van der Waals surface area (Å²) in [5.74, 6) is 0.479. The maximum absolute atomic E-state index is 12.7. The number of ether oxygens (including phenoxy) is 1. The van der Waals surface area contributed by atoms with E-state index in [1.807, 2.05) is 27.7 Å². The van der Waals surface area contributed by atoms with Crippen molar-refractivity contribution in [2.24, 2.45) is 13.0 Å². The van der Waals surface area contributed by atoms with Gasteiger partial charge >= 0.3 is 6.03 Å². The van der Waals surface area contributed by atoms with Crippen molar-refractivity contribution in [3.05, 3.63) is 30.0 Å². The molecule has 3 heterocycles. The molecule has 2 atom stereocenters. The van der Waals surface area contributed by atoms with Crippen LogP contribution in [-0.2, 0) is 21.8 Å². The van der Waals surface area contributed by atoms with Gasteiger partial charge in [0.25, 0.3) is 0 Å². The number of sulfonamides is 1. The predicted octanol–water partition coefficient (Wildman–Crippen LogP) is 2.68. The molecule has 3 aliphatic rings. The summed E-state index contributed by atoms with van der Waals surface area (Å²) in [4.78, 5) is 16.5. The standard InChI is InChI=1S/C25H37N5O4S/c1-28-24-9-6-19(14-20(24)15-26-28)18-4-7-22(8-5-18)34-17-21-16-30(25(31)29-11-3-12-29)13-10-23(21)27-35(2,32)33/h6,9,14-15,18,21-23,27H,3-5,7-8,10-13,16-17H2,1-2H3/t18?,21-,22?,23-/m0/s1. The van der Waals surface area contributed by atoms with E-state index >= 15 is 0 Å². The van der Waals surface area contributed by atoms with Crippen molar-refractivity contribution in [3.8, 4) is 0 Å². The highest BCUT2D eigenvalue weighted by Crippen LogP contribution is 2.35. The molecule has 5 rings (SSSR count). The van der Waals surface area contributed by atoms with Gasteiger partial charge in [0.05, 0.1) is 30.7 Å². The van der Waals surface area contributed by atoms with Crippen LogP contribution in [0.25, 0.3) is 10.9 Å². The minimum absolute atomic E-state index is 0.0468. The minimum atomic E-state index is -3.32. The zero-order valence-corrected chi connectivity index (χ0v) is 21.5. The number of carbonyl (C=O) groups is 1. The molecule has 35 heavy (non-hydrogen) atoms. The summed E-state index contributed by atoms with van der Waals surface area (Å²) in [6, 6.07) is 6.52. The monoisotopic (exact) mass is 503 g/mol. The van der Waals surface area contributed by atoms with E-state index in [1.54, 1.807) is 0 Å². The number of aryl methyl sites for hydroxylation is 1. The van der Waals surface area contributed by atoms with Crippen LogP contribution in [0, 0.1) is 5.92 Å². The van der Waals surface area contributed by atoms with E-state index in [0.717, 1.165) is 50.7 Å². The normalized spacial score (nSPS) is 27.7. The number of aromatic nitrogens is 2. The summed E-state index contributed by atoms with van der Waals surface area (Å²) in [5.41, 5.74) is 2.52. The maximum Gasteiger partial charge on any atom is 0.320 e. The molecule has 1 saturated carbocycles. The lowest BCUT2D eigenvalue weighted by Crippen LogP contribution is -2.58.